The third-order valence-corrected chi connectivity index (χ3v) is 3.65. The second-order valence-corrected chi connectivity index (χ2v) is 5.18. The Morgan fingerprint density at radius 1 is 1.21 bits per heavy atom. The van der Waals surface area contributed by atoms with Crippen molar-refractivity contribution in [2.75, 3.05) is 0 Å². The van der Waals surface area contributed by atoms with Gasteiger partial charge < -0.3 is 4.98 Å². The van der Waals surface area contributed by atoms with Crippen molar-refractivity contribution < 1.29 is 9.72 Å². The zero-order chi connectivity index (χ0) is 17.1. The van der Waals surface area contributed by atoms with Gasteiger partial charge in [-0.25, -0.2) is 5.43 Å². The fraction of sp³-hybridized carbons (Fsp3) is 0.0588. The Morgan fingerprint density at radius 2 is 1.92 bits per heavy atom. The maximum absolute atomic E-state index is 12.1. The molecular formula is C17H14N4O3. The van der Waals surface area contributed by atoms with Gasteiger partial charge in [0.1, 0.15) is 5.56 Å². The van der Waals surface area contributed by atoms with Gasteiger partial charge in [0.05, 0.1) is 11.1 Å². The van der Waals surface area contributed by atoms with Crippen molar-refractivity contribution in [2.45, 2.75) is 6.92 Å². The third kappa shape index (κ3) is 2.87. The van der Waals surface area contributed by atoms with Crippen LogP contribution in [-0.4, -0.2) is 22.0 Å². The van der Waals surface area contributed by atoms with Gasteiger partial charge >= 0.3 is 0 Å². The first-order chi connectivity index (χ1) is 11.6. The highest BCUT2D eigenvalue weighted by molar-refractivity contribution is 6.02. The summed E-state index contributed by atoms with van der Waals surface area (Å²) in [7, 11) is 0. The minimum absolute atomic E-state index is 0.0321. The van der Waals surface area contributed by atoms with E-state index in [1.165, 1.54) is 24.4 Å². The molecule has 0 atom stereocenters. The molecule has 3 rings (SSSR count). The molecule has 7 nitrogen and oxygen atoms in total. The predicted molar refractivity (Wildman–Crippen MR) is 91.2 cm³/mol. The summed E-state index contributed by atoms with van der Waals surface area (Å²) in [5, 5.41) is 15.9. The number of nitro benzene ring substituents is 1. The smallest absolute Gasteiger partial charge is 0.282 e. The number of hydrazone groups is 1. The van der Waals surface area contributed by atoms with Gasteiger partial charge in [-0.3, -0.25) is 14.9 Å². The molecule has 0 aliphatic rings. The van der Waals surface area contributed by atoms with Crippen LogP contribution >= 0.6 is 0 Å². The molecule has 2 N–H and O–H groups in total. The molecule has 0 saturated carbocycles. The van der Waals surface area contributed by atoms with Crippen LogP contribution in [0.5, 0.6) is 0 Å². The van der Waals surface area contributed by atoms with E-state index in [2.05, 4.69) is 15.5 Å². The van der Waals surface area contributed by atoms with Gasteiger partial charge in [0.25, 0.3) is 11.6 Å². The van der Waals surface area contributed by atoms with Gasteiger partial charge in [-0.05, 0) is 19.1 Å². The first kappa shape index (κ1) is 15.4. The number of hydrogen-bond donors (Lipinski definition) is 2. The normalized spacial score (nSPS) is 11.0. The van der Waals surface area contributed by atoms with E-state index < -0.39 is 10.8 Å². The van der Waals surface area contributed by atoms with Gasteiger partial charge in [-0.15, -0.1) is 0 Å². The zero-order valence-electron chi connectivity index (χ0n) is 12.8. The first-order valence-corrected chi connectivity index (χ1v) is 7.22. The maximum atomic E-state index is 12.1. The average Bonchev–Trinajstić information content (AvgIpc) is 2.90. The number of para-hydroxylation sites is 2. The summed E-state index contributed by atoms with van der Waals surface area (Å²) in [6, 6.07) is 13.5. The van der Waals surface area contributed by atoms with Gasteiger partial charge in [-0.2, -0.15) is 5.10 Å². The Hall–Kier alpha value is -3.48. The van der Waals surface area contributed by atoms with Crippen molar-refractivity contribution in [3.63, 3.8) is 0 Å². The average molecular weight is 322 g/mol. The molecule has 0 radical (unpaired) electrons. The van der Waals surface area contributed by atoms with E-state index in [-0.39, 0.29) is 11.3 Å². The number of rotatable bonds is 4. The molecule has 0 aliphatic heterocycles. The number of amides is 1. The molecule has 0 saturated heterocycles. The number of aromatic nitrogens is 1. The molecule has 3 aromatic rings. The number of fused-ring (bicyclic) bond motifs is 1. The van der Waals surface area contributed by atoms with Crippen molar-refractivity contribution in [1.82, 2.24) is 10.4 Å². The number of nitrogens with zero attached hydrogens (tertiary/aromatic N) is 2. The van der Waals surface area contributed by atoms with Crippen LogP contribution in [0.4, 0.5) is 5.69 Å². The van der Waals surface area contributed by atoms with Crippen molar-refractivity contribution in [1.29, 1.82) is 0 Å². The van der Waals surface area contributed by atoms with Crippen molar-refractivity contribution in [2.24, 2.45) is 5.10 Å². The molecule has 0 unspecified atom stereocenters. The van der Waals surface area contributed by atoms with E-state index in [1.54, 1.807) is 6.07 Å². The molecule has 0 fully saturated rings. The molecule has 0 spiro atoms. The van der Waals surface area contributed by atoms with Gasteiger partial charge in [0.2, 0.25) is 0 Å². The van der Waals surface area contributed by atoms with Crippen LogP contribution < -0.4 is 5.43 Å². The highest BCUT2D eigenvalue weighted by atomic mass is 16.6. The lowest BCUT2D eigenvalue weighted by Gasteiger charge is -2.01. The summed E-state index contributed by atoms with van der Waals surface area (Å²) in [5.74, 6) is -0.629. The minimum Gasteiger partial charge on any atom is -0.358 e. The number of nitro groups is 1. The molecule has 0 aliphatic carbocycles. The number of carbonyl (C=O) groups is 1. The summed E-state index contributed by atoms with van der Waals surface area (Å²) in [4.78, 5) is 25.7. The molecule has 0 bridgehead atoms. The molecule has 120 valence electrons. The molecule has 2 aromatic carbocycles. The number of H-pyrrole nitrogens is 1. The monoisotopic (exact) mass is 322 g/mol. The number of nitrogens with one attached hydrogen (secondary N) is 2. The lowest BCUT2D eigenvalue weighted by atomic mass is 10.1. The van der Waals surface area contributed by atoms with Crippen LogP contribution in [0.1, 0.15) is 21.6 Å². The SMILES string of the molecule is Cc1[nH]c2ccccc2c1/C=N/NC(=O)c1ccccc1[N+](=O)[O-]. The molecule has 1 heterocycles. The van der Waals surface area contributed by atoms with Crippen LogP contribution in [0.15, 0.2) is 53.6 Å². The van der Waals surface area contributed by atoms with Crippen LogP contribution in [-0.2, 0) is 0 Å². The number of benzene rings is 2. The van der Waals surface area contributed by atoms with Crippen LogP contribution in [0.25, 0.3) is 10.9 Å². The lowest BCUT2D eigenvalue weighted by Crippen LogP contribution is -2.19. The third-order valence-electron chi connectivity index (χ3n) is 3.65. The van der Waals surface area contributed by atoms with Gasteiger partial charge in [-0.1, -0.05) is 30.3 Å². The van der Waals surface area contributed by atoms with Gasteiger partial charge in [0, 0.05) is 28.2 Å². The first-order valence-electron chi connectivity index (χ1n) is 7.22. The second-order valence-electron chi connectivity index (χ2n) is 5.18. The molecule has 1 aromatic heterocycles. The second kappa shape index (κ2) is 6.33. The van der Waals surface area contributed by atoms with Gasteiger partial charge in [0.15, 0.2) is 0 Å². The Bertz CT molecular complexity index is 959. The molecule has 24 heavy (non-hydrogen) atoms. The molecule has 7 heteroatoms. The molecule has 1 amide bonds. The van der Waals surface area contributed by atoms with Crippen LogP contribution in [0.2, 0.25) is 0 Å². The zero-order valence-corrected chi connectivity index (χ0v) is 12.8. The Morgan fingerprint density at radius 3 is 2.71 bits per heavy atom. The Labute approximate surface area is 137 Å². The highest BCUT2D eigenvalue weighted by Gasteiger charge is 2.18. The fourth-order valence-electron chi connectivity index (χ4n) is 2.51. The number of aromatic amines is 1. The van der Waals surface area contributed by atoms with E-state index in [0.29, 0.717) is 0 Å². The maximum Gasteiger partial charge on any atom is 0.282 e. The van der Waals surface area contributed by atoms with Crippen LogP contribution in [0.3, 0.4) is 0 Å². The Kier molecular flexibility index (Phi) is 4.07. The highest BCUT2D eigenvalue weighted by Crippen LogP contribution is 2.20. The van der Waals surface area contributed by atoms with E-state index in [9.17, 15) is 14.9 Å². The summed E-state index contributed by atoms with van der Waals surface area (Å²) < 4.78 is 0. The van der Waals surface area contributed by atoms with E-state index in [4.69, 9.17) is 0 Å². The largest absolute Gasteiger partial charge is 0.358 e. The Balaban J connectivity index is 1.83. The summed E-state index contributed by atoms with van der Waals surface area (Å²) >= 11 is 0. The number of carbonyl (C=O) groups excluding carboxylic acids is 1. The fourth-order valence-corrected chi connectivity index (χ4v) is 2.51. The predicted octanol–water partition coefficient (Wildman–Crippen LogP) is 3.15. The summed E-state index contributed by atoms with van der Waals surface area (Å²) in [6.45, 7) is 1.91. The summed E-state index contributed by atoms with van der Waals surface area (Å²) in [5.41, 5.74) is 4.79. The van der Waals surface area contributed by atoms with Crippen molar-refractivity contribution in [3.8, 4) is 0 Å². The van der Waals surface area contributed by atoms with Crippen LogP contribution in [0, 0.1) is 17.0 Å². The minimum atomic E-state index is -0.629. The van der Waals surface area contributed by atoms with Crippen molar-refractivity contribution >= 4 is 28.7 Å². The molecular weight excluding hydrogens is 308 g/mol. The van der Waals surface area contributed by atoms with E-state index in [0.717, 1.165) is 22.2 Å². The topological polar surface area (TPSA) is 100 Å². The lowest BCUT2D eigenvalue weighted by molar-refractivity contribution is -0.385. The van der Waals surface area contributed by atoms with E-state index >= 15 is 0 Å². The summed E-state index contributed by atoms with van der Waals surface area (Å²) in [6.07, 6.45) is 1.53. The standard InChI is InChI=1S/C17H14N4O3/c1-11-14(12-6-2-4-8-15(12)19-11)10-18-20-17(22)13-7-3-5-9-16(13)21(23)24/h2-10,19H,1H3,(H,20,22)/b18-10+. The van der Waals surface area contributed by atoms with Crippen molar-refractivity contribution in [3.05, 3.63) is 75.5 Å². The quantitative estimate of drug-likeness (QED) is 0.438. The van der Waals surface area contributed by atoms with E-state index in [1.807, 2.05) is 31.2 Å². The number of hydrogen-bond acceptors (Lipinski definition) is 4. The number of aryl methyl sites for hydroxylation is 1.